The summed E-state index contributed by atoms with van der Waals surface area (Å²) in [6, 6.07) is 9.51. The van der Waals surface area contributed by atoms with Crippen molar-refractivity contribution in [2.45, 2.75) is 26.8 Å². The zero-order chi connectivity index (χ0) is 27.4. The molecule has 0 spiro atoms. The molecule has 0 radical (unpaired) electrons. The van der Waals surface area contributed by atoms with Crippen molar-refractivity contribution in [1.82, 2.24) is 15.2 Å². The average molecular weight is 597 g/mol. The number of nitrogens with one attached hydrogen (secondary N) is 1. The molecule has 2 aliphatic rings. The summed E-state index contributed by atoms with van der Waals surface area (Å²) in [6.07, 6.45) is 0. The summed E-state index contributed by atoms with van der Waals surface area (Å²) >= 11 is 10.3. The third-order valence-electron chi connectivity index (χ3n) is 5.94. The van der Waals surface area contributed by atoms with Gasteiger partial charge in [0, 0.05) is 35.2 Å². The number of benzene rings is 1. The van der Waals surface area contributed by atoms with E-state index in [0.29, 0.717) is 12.3 Å². The molecule has 2 amide bonds. The van der Waals surface area contributed by atoms with E-state index in [2.05, 4.69) is 15.5 Å². The van der Waals surface area contributed by atoms with Crippen molar-refractivity contribution < 1.29 is 24.7 Å². The van der Waals surface area contributed by atoms with Gasteiger partial charge in [0.2, 0.25) is 5.91 Å². The number of fused-ring (bicyclic) bond motifs is 1. The summed E-state index contributed by atoms with van der Waals surface area (Å²) in [5.41, 5.74) is 11.6. The number of anilines is 1. The van der Waals surface area contributed by atoms with Gasteiger partial charge >= 0.3 is 5.97 Å². The summed E-state index contributed by atoms with van der Waals surface area (Å²) in [5.74, 6) is -0.551. The number of aromatic nitrogens is 1. The Morgan fingerprint density at radius 2 is 2.08 bits per heavy atom. The minimum absolute atomic E-state index is 0.0241. The van der Waals surface area contributed by atoms with Gasteiger partial charge in [0.15, 0.2) is 5.71 Å². The fourth-order valence-corrected chi connectivity index (χ4v) is 8.05. The lowest BCUT2D eigenvalue weighted by atomic mass is 10.0. The molecule has 202 valence electrons. The molecule has 1 unspecified atom stereocenters. The molecule has 7 N–H and O–H groups in total. The number of hydrogen-bond acceptors (Lipinski definition) is 11. The van der Waals surface area contributed by atoms with Crippen molar-refractivity contribution in [3.8, 4) is 0 Å². The number of aliphatic carboxylic acids is 1. The number of nitrogens with two attached hydrogens (primary N) is 2. The summed E-state index contributed by atoms with van der Waals surface area (Å²) in [6.45, 7) is 0.532. The van der Waals surface area contributed by atoms with Crippen LogP contribution in [0.4, 0.5) is 5.82 Å². The van der Waals surface area contributed by atoms with E-state index in [1.165, 1.54) is 40.6 Å². The number of hydrogen-bond donors (Lipinski definition) is 5. The van der Waals surface area contributed by atoms with Crippen molar-refractivity contribution in [2.75, 3.05) is 30.3 Å². The second kappa shape index (κ2) is 12.0. The van der Waals surface area contributed by atoms with Gasteiger partial charge in [0.05, 0.1) is 5.02 Å². The quantitative estimate of drug-likeness (QED) is 0.0884. The van der Waals surface area contributed by atoms with Crippen LogP contribution in [0.15, 0.2) is 46.4 Å². The number of pyridine rings is 1. The highest BCUT2D eigenvalue weighted by Crippen LogP contribution is 2.47. The van der Waals surface area contributed by atoms with E-state index in [1.54, 1.807) is 11.8 Å². The summed E-state index contributed by atoms with van der Waals surface area (Å²) < 4.78 is -1.27. The maximum absolute atomic E-state index is 13.0. The number of carboxylic acids is 1. The molecule has 38 heavy (non-hydrogen) atoms. The molecule has 3 heterocycles. The van der Waals surface area contributed by atoms with Gasteiger partial charge in [0.25, 0.3) is 5.91 Å². The molecule has 2 fully saturated rings. The molecule has 0 aliphatic carbocycles. The first-order chi connectivity index (χ1) is 18.2. The normalized spacial score (nSPS) is 22.9. The van der Waals surface area contributed by atoms with Gasteiger partial charge in [-0.25, -0.2) is 4.98 Å². The number of carboxylic acid groups (broad SMARTS) is 1. The fraction of sp³-hybridized carbons (Fsp3) is 0.348. The molecule has 0 saturated carbocycles. The highest BCUT2D eigenvalue weighted by atomic mass is 35.5. The second-order valence-corrected chi connectivity index (χ2v) is 12.5. The van der Waals surface area contributed by atoms with Crippen LogP contribution < -0.4 is 16.8 Å². The number of carbonyl (C=O) groups is 3. The number of nitrogens with zero attached hydrogens (tertiary/aromatic N) is 3. The first-order valence-corrected chi connectivity index (χ1v) is 14.8. The molecular weight excluding hydrogens is 572 g/mol. The monoisotopic (exact) mass is 596 g/mol. The number of halogens is 1. The first-order valence-electron chi connectivity index (χ1n) is 11.4. The Morgan fingerprint density at radius 3 is 2.79 bits per heavy atom. The number of amides is 2. The molecule has 2 aliphatic heterocycles. The van der Waals surface area contributed by atoms with Crippen LogP contribution in [-0.2, 0) is 20.1 Å². The van der Waals surface area contributed by atoms with Gasteiger partial charge in [-0.1, -0.05) is 35.0 Å². The molecular formula is C23H25ClN6O5S3. The van der Waals surface area contributed by atoms with E-state index in [0.717, 1.165) is 16.2 Å². The predicted octanol–water partition coefficient (Wildman–Crippen LogP) is 1.70. The zero-order valence-electron chi connectivity index (χ0n) is 19.9. The number of carbonyl (C=O) groups excluding carboxylic acids is 2. The molecule has 1 aromatic carbocycles. The van der Waals surface area contributed by atoms with Crippen LogP contribution in [0, 0.1) is 0 Å². The van der Waals surface area contributed by atoms with Crippen LogP contribution in [0.25, 0.3) is 0 Å². The van der Waals surface area contributed by atoms with Gasteiger partial charge in [-0.3, -0.25) is 14.4 Å². The van der Waals surface area contributed by atoms with Gasteiger partial charge in [0.1, 0.15) is 27.7 Å². The topological polar surface area (TPSA) is 184 Å². The number of nitrogen functional groups attached to an aromatic ring is 1. The Labute approximate surface area is 236 Å². The van der Waals surface area contributed by atoms with Gasteiger partial charge in [-0.15, -0.1) is 23.5 Å². The van der Waals surface area contributed by atoms with Gasteiger partial charge < -0.3 is 32.0 Å². The molecule has 15 heteroatoms. The van der Waals surface area contributed by atoms with Gasteiger partial charge in [-0.2, -0.15) is 11.8 Å². The molecule has 0 bridgehead atoms. The number of β-lactam (4-membered cyclic amide) rings is 1. The Balaban J connectivity index is 1.47. The number of rotatable bonds is 10. The zero-order valence-corrected chi connectivity index (χ0v) is 23.1. The highest BCUT2D eigenvalue weighted by Gasteiger charge is 2.58. The van der Waals surface area contributed by atoms with E-state index >= 15 is 0 Å². The van der Waals surface area contributed by atoms with E-state index in [4.69, 9.17) is 23.1 Å². The molecule has 2 aromatic rings. The maximum atomic E-state index is 13.0. The summed E-state index contributed by atoms with van der Waals surface area (Å²) in [4.78, 5) is 44.6. The molecule has 4 rings (SSSR count). The van der Waals surface area contributed by atoms with E-state index in [-0.39, 0.29) is 28.8 Å². The predicted molar refractivity (Wildman–Crippen MR) is 150 cm³/mol. The lowest BCUT2D eigenvalue weighted by molar-refractivity contribution is -0.151. The maximum Gasteiger partial charge on any atom is 0.322 e. The Morgan fingerprint density at radius 1 is 1.32 bits per heavy atom. The van der Waals surface area contributed by atoms with Crippen molar-refractivity contribution in [2.24, 2.45) is 10.9 Å². The smallest absolute Gasteiger partial charge is 0.322 e. The van der Waals surface area contributed by atoms with Crippen molar-refractivity contribution >= 4 is 76.2 Å². The van der Waals surface area contributed by atoms with Crippen LogP contribution in [0.1, 0.15) is 11.3 Å². The first kappa shape index (κ1) is 28.4. The lowest BCUT2D eigenvalue weighted by Crippen LogP contribution is -2.74. The van der Waals surface area contributed by atoms with E-state index < -0.39 is 39.7 Å². The largest absolute Gasteiger partial charge is 0.480 e. The molecule has 1 aromatic heterocycles. The van der Waals surface area contributed by atoms with Crippen molar-refractivity contribution in [1.29, 1.82) is 0 Å². The second-order valence-electron chi connectivity index (χ2n) is 8.48. The minimum atomic E-state index is -1.27. The Kier molecular flexibility index (Phi) is 8.98. The SMILES string of the molecule is NCCSCc1ccccc1SC1(C(=O)O)CS[C@@H]2[C@H](NC(=O)C(=NO)c3nc(N)ccc3Cl)C(=O)N2C1. The average Bonchev–Trinajstić information content (AvgIpc) is 2.90. The number of oxime groups is 1. The Hall–Kier alpha value is -2.65. The van der Waals surface area contributed by atoms with Crippen molar-refractivity contribution in [3.05, 3.63) is 52.7 Å². The standard InChI is InChI=1S/C23H25ClN6O5S3/c24-13-5-6-15(26)27-16(13)17(29-35)19(31)28-18-20(32)30-10-23(22(33)34,11-37-21(18)30)38-14-4-2-1-3-12(14)9-36-8-7-25/h1-6,18,21,35H,7-11,25H2,(H2,26,27)(H,28,31)(H,33,34)/t18-,21-,23?/m1/s1. The van der Waals surface area contributed by atoms with E-state index in [1.807, 2.05) is 24.3 Å². The third-order valence-corrected chi connectivity index (χ3v) is 10.4. The van der Waals surface area contributed by atoms with E-state index in [9.17, 15) is 24.7 Å². The van der Waals surface area contributed by atoms with Crippen LogP contribution in [0.5, 0.6) is 0 Å². The van der Waals surface area contributed by atoms with Crippen LogP contribution in [0.3, 0.4) is 0 Å². The van der Waals surface area contributed by atoms with Crippen molar-refractivity contribution in [3.63, 3.8) is 0 Å². The highest BCUT2D eigenvalue weighted by molar-refractivity contribution is 8.05. The molecule has 2 saturated heterocycles. The van der Waals surface area contributed by atoms with Crippen LogP contribution in [-0.4, -0.2) is 84.5 Å². The summed E-state index contributed by atoms with van der Waals surface area (Å²) in [5, 5.41) is 24.8. The summed E-state index contributed by atoms with van der Waals surface area (Å²) in [7, 11) is 0. The van der Waals surface area contributed by atoms with Crippen LogP contribution >= 0.6 is 46.9 Å². The minimum Gasteiger partial charge on any atom is -0.480 e. The third kappa shape index (κ3) is 5.69. The fourth-order valence-electron chi connectivity index (χ4n) is 4.02. The van der Waals surface area contributed by atoms with Crippen LogP contribution in [0.2, 0.25) is 5.02 Å². The Bertz CT molecular complexity index is 1280. The molecule has 11 nitrogen and oxygen atoms in total. The molecule has 3 atom stereocenters. The number of thioether (sulfide) groups is 3. The lowest BCUT2D eigenvalue weighted by Gasteiger charge is -2.53. The van der Waals surface area contributed by atoms with Gasteiger partial charge in [-0.05, 0) is 23.8 Å².